The van der Waals surface area contributed by atoms with Crippen LogP contribution in [0.3, 0.4) is 0 Å². The molecule has 0 aliphatic carbocycles. The smallest absolute Gasteiger partial charge is 0.433 e. The van der Waals surface area contributed by atoms with Crippen LogP contribution >= 0.6 is 0 Å². The lowest BCUT2D eigenvalue weighted by Crippen LogP contribution is -2.10. The molecule has 1 aromatic rings. The maximum absolute atomic E-state index is 12.3. The summed E-state index contributed by atoms with van der Waals surface area (Å²) in [5.74, 6) is 0.120. The number of hydrogen-bond donors (Lipinski definition) is 0. The first-order valence-electron chi connectivity index (χ1n) is 4.48. The maximum Gasteiger partial charge on any atom is 0.433 e. The van der Waals surface area contributed by atoms with Gasteiger partial charge in [0.05, 0.1) is 7.11 Å². The van der Waals surface area contributed by atoms with Crippen molar-refractivity contribution in [2.24, 2.45) is 0 Å². The topological polar surface area (TPSA) is 22.1 Å². The average Bonchev–Trinajstić information content (AvgIpc) is 2.15. The highest BCUT2D eigenvalue weighted by Gasteiger charge is 2.33. The Labute approximate surface area is 86.1 Å². The molecule has 0 aromatic carbocycles. The Hall–Kier alpha value is -1.26. The van der Waals surface area contributed by atoms with E-state index in [1.807, 2.05) is 13.8 Å². The third-order valence-electron chi connectivity index (χ3n) is 2.00. The largest absolute Gasteiger partial charge is 0.481 e. The van der Waals surface area contributed by atoms with Gasteiger partial charge in [-0.1, -0.05) is 19.9 Å². The van der Waals surface area contributed by atoms with Gasteiger partial charge in [-0.2, -0.15) is 13.2 Å². The van der Waals surface area contributed by atoms with Gasteiger partial charge in [-0.25, -0.2) is 4.98 Å². The molecule has 84 valence electrons. The number of hydrogen-bond acceptors (Lipinski definition) is 2. The highest BCUT2D eigenvalue weighted by molar-refractivity contribution is 5.31. The molecular formula is C10H12F3NO. The fourth-order valence-corrected chi connectivity index (χ4v) is 1.21. The normalized spacial score (nSPS) is 11.9. The molecular weight excluding hydrogens is 207 g/mol. The van der Waals surface area contributed by atoms with Gasteiger partial charge in [0.1, 0.15) is 5.69 Å². The van der Waals surface area contributed by atoms with Crippen molar-refractivity contribution >= 4 is 0 Å². The van der Waals surface area contributed by atoms with E-state index in [0.29, 0.717) is 5.56 Å². The van der Waals surface area contributed by atoms with Crippen LogP contribution in [0.25, 0.3) is 0 Å². The number of nitrogens with zero attached hydrogens (tertiary/aromatic N) is 1. The van der Waals surface area contributed by atoms with Gasteiger partial charge in [0.2, 0.25) is 5.88 Å². The second-order valence-corrected chi connectivity index (χ2v) is 3.45. The zero-order valence-electron chi connectivity index (χ0n) is 8.72. The summed E-state index contributed by atoms with van der Waals surface area (Å²) in [4.78, 5) is 3.44. The van der Waals surface area contributed by atoms with E-state index in [9.17, 15) is 13.2 Å². The molecule has 0 fully saturated rings. The van der Waals surface area contributed by atoms with Crippen molar-refractivity contribution in [3.05, 3.63) is 23.4 Å². The minimum absolute atomic E-state index is 0.0415. The van der Waals surface area contributed by atoms with Gasteiger partial charge >= 0.3 is 6.18 Å². The second kappa shape index (κ2) is 4.08. The van der Waals surface area contributed by atoms with Crippen LogP contribution in [-0.4, -0.2) is 12.1 Å². The molecule has 15 heavy (non-hydrogen) atoms. The first kappa shape index (κ1) is 11.8. The SMILES string of the molecule is COc1nc(C(F)(F)F)ccc1C(C)C. The number of ether oxygens (including phenoxy) is 1. The lowest BCUT2D eigenvalue weighted by atomic mass is 10.0. The van der Waals surface area contributed by atoms with Crippen molar-refractivity contribution in [1.29, 1.82) is 0 Å². The summed E-state index contributed by atoms with van der Waals surface area (Å²) in [7, 11) is 1.31. The molecule has 0 saturated carbocycles. The van der Waals surface area contributed by atoms with Crippen molar-refractivity contribution in [3.8, 4) is 5.88 Å². The molecule has 0 aliphatic heterocycles. The van der Waals surface area contributed by atoms with E-state index in [2.05, 4.69) is 4.98 Å². The summed E-state index contributed by atoms with van der Waals surface area (Å²) in [5.41, 5.74) is -0.255. The Morgan fingerprint density at radius 1 is 1.27 bits per heavy atom. The molecule has 0 aliphatic rings. The summed E-state index contributed by atoms with van der Waals surface area (Å²) in [6.45, 7) is 3.74. The number of rotatable bonds is 2. The van der Waals surface area contributed by atoms with E-state index in [1.165, 1.54) is 13.2 Å². The summed E-state index contributed by atoms with van der Waals surface area (Å²) in [6.07, 6.45) is -4.43. The third-order valence-corrected chi connectivity index (χ3v) is 2.00. The summed E-state index contributed by atoms with van der Waals surface area (Å²) >= 11 is 0. The van der Waals surface area contributed by atoms with E-state index in [0.717, 1.165) is 6.07 Å². The Morgan fingerprint density at radius 3 is 2.27 bits per heavy atom. The van der Waals surface area contributed by atoms with Gasteiger partial charge in [-0.05, 0) is 12.0 Å². The first-order valence-corrected chi connectivity index (χ1v) is 4.48. The van der Waals surface area contributed by atoms with E-state index in [1.54, 1.807) is 0 Å². The zero-order valence-corrected chi connectivity index (χ0v) is 8.72. The van der Waals surface area contributed by atoms with Crippen molar-refractivity contribution < 1.29 is 17.9 Å². The number of aromatic nitrogens is 1. The molecule has 0 spiro atoms. The maximum atomic E-state index is 12.3. The lowest BCUT2D eigenvalue weighted by molar-refractivity contribution is -0.141. The Kier molecular flexibility index (Phi) is 3.21. The van der Waals surface area contributed by atoms with Crippen molar-refractivity contribution in [2.75, 3.05) is 7.11 Å². The van der Waals surface area contributed by atoms with Gasteiger partial charge in [-0.15, -0.1) is 0 Å². The Morgan fingerprint density at radius 2 is 1.87 bits per heavy atom. The van der Waals surface area contributed by atoms with Gasteiger partial charge in [0, 0.05) is 5.56 Å². The molecule has 2 nitrogen and oxygen atoms in total. The molecule has 0 atom stereocenters. The van der Waals surface area contributed by atoms with Gasteiger partial charge in [-0.3, -0.25) is 0 Å². The highest BCUT2D eigenvalue weighted by Crippen LogP contribution is 2.32. The summed E-state index contributed by atoms with van der Waals surface area (Å²) < 4.78 is 41.8. The molecule has 0 N–H and O–H groups in total. The fourth-order valence-electron chi connectivity index (χ4n) is 1.21. The van der Waals surface area contributed by atoms with E-state index in [4.69, 9.17) is 4.74 Å². The van der Waals surface area contributed by atoms with Gasteiger partial charge < -0.3 is 4.74 Å². The quantitative estimate of drug-likeness (QED) is 0.761. The van der Waals surface area contributed by atoms with Gasteiger partial charge in [0.25, 0.3) is 0 Å². The van der Waals surface area contributed by atoms with Crippen LogP contribution in [0.2, 0.25) is 0 Å². The predicted molar refractivity (Wildman–Crippen MR) is 49.9 cm³/mol. The lowest BCUT2D eigenvalue weighted by Gasteiger charge is -2.13. The number of methoxy groups -OCH3 is 1. The van der Waals surface area contributed by atoms with Gasteiger partial charge in [0.15, 0.2) is 0 Å². The van der Waals surface area contributed by atoms with Crippen molar-refractivity contribution in [3.63, 3.8) is 0 Å². The monoisotopic (exact) mass is 219 g/mol. The van der Waals surface area contributed by atoms with Crippen molar-refractivity contribution in [2.45, 2.75) is 25.9 Å². The minimum Gasteiger partial charge on any atom is -0.481 e. The molecule has 0 saturated heterocycles. The molecule has 0 bridgehead atoms. The highest BCUT2D eigenvalue weighted by atomic mass is 19.4. The van der Waals surface area contributed by atoms with Crippen LogP contribution in [0.15, 0.2) is 12.1 Å². The molecule has 0 amide bonds. The van der Waals surface area contributed by atoms with Crippen LogP contribution < -0.4 is 4.74 Å². The summed E-state index contributed by atoms with van der Waals surface area (Å²) in [6, 6.07) is 2.37. The number of alkyl halides is 3. The average molecular weight is 219 g/mol. The molecule has 0 radical (unpaired) electrons. The Bertz CT molecular complexity index is 347. The second-order valence-electron chi connectivity index (χ2n) is 3.45. The van der Waals surface area contributed by atoms with Crippen LogP contribution in [-0.2, 0) is 6.18 Å². The third kappa shape index (κ3) is 2.61. The Balaban J connectivity index is 3.19. The van der Waals surface area contributed by atoms with Crippen molar-refractivity contribution in [1.82, 2.24) is 4.98 Å². The van der Waals surface area contributed by atoms with Crippen LogP contribution in [0.5, 0.6) is 5.88 Å². The standard InChI is InChI=1S/C10H12F3NO/c1-6(2)7-4-5-8(10(11,12)13)14-9(7)15-3/h4-6H,1-3H3. The van der Waals surface area contributed by atoms with E-state index < -0.39 is 11.9 Å². The molecule has 0 unspecified atom stereocenters. The first-order chi connectivity index (χ1) is 6.86. The minimum atomic E-state index is -4.43. The van der Waals surface area contributed by atoms with E-state index in [-0.39, 0.29) is 11.8 Å². The predicted octanol–water partition coefficient (Wildman–Crippen LogP) is 3.23. The molecule has 1 heterocycles. The molecule has 1 aromatic heterocycles. The molecule has 1 rings (SSSR count). The van der Waals surface area contributed by atoms with Crippen LogP contribution in [0.4, 0.5) is 13.2 Å². The van der Waals surface area contributed by atoms with Crippen LogP contribution in [0.1, 0.15) is 31.0 Å². The molecule has 5 heteroatoms. The number of pyridine rings is 1. The summed E-state index contributed by atoms with van der Waals surface area (Å²) in [5, 5.41) is 0. The fraction of sp³-hybridized carbons (Fsp3) is 0.500. The van der Waals surface area contributed by atoms with E-state index >= 15 is 0 Å². The van der Waals surface area contributed by atoms with Crippen LogP contribution in [0, 0.1) is 0 Å². The zero-order chi connectivity index (χ0) is 11.6. The number of halogens is 3.